The van der Waals surface area contributed by atoms with Crippen LogP contribution in [0.25, 0.3) is 11.1 Å². The lowest BCUT2D eigenvalue weighted by Crippen LogP contribution is -2.34. The number of sulfonamides is 1. The number of rotatable bonds is 6. The minimum absolute atomic E-state index is 0.271. The molecule has 1 aliphatic rings. The van der Waals surface area contributed by atoms with Gasteiger partial charge in [0.1, 0.15) is 5.75 Å². The highest BCUT2D eigenvalue weighted by atomic mass is 32.2. The Morgan fingerprint density at radius 2 is 1.65 bits per heavy atom. The molecule has 0 amide bonds. The first-order chi connectivity index (χ1) is 14.9. The Labute approximate surface area is 184 Å². The van der Waals surface area contributed by atoms with Crippen LogP contribution in [0.2, 0.25) is 0 Å². The highest BCUT2D eigenvalue weighted by molar-refractivity contribution is 7.92. The van der Waals surface area contributed by atoms with E-state index < -0.39 is 10.0 Å². The van der Waals surface area contributed by atoms with Gasteiger partial charge in [0.2, 0.25) is 0 Å². The van der Waals surface area contributed by atoms with Gasteiger partial charge in [-0.1, -0.05) is 48.5 Å². The van der Waals surface area contributed by atoms with Gasteiger partial charge < -0.3 is 9.64 Å². The zero-order chi connectivity index (χ0) is 22.0. The number of methoxy groups -OCH3 is 1. The van der Waals surface area contributed by atoms with Gasteiger partial charge in [-0.15, -0.1) is 0 Å². The molecule has 6 heteroatoms. The quantitative estimate of drug-likeness (QED) is 0.614. The van der Waals surface area contributed by atoms with E-state index in [2.05, 4.69) is 23.7 Å². The fourth-order valence-corrected chi connectivity index (χ4v) is 5.64. The van der Waals surface area contributed by atoms with Crippen LogP contribution in [0.5, 0.6) is 5.75 Å². The molecule has 4 rings (SSSR count). The van der Waals surface area contributed by atoms with Crippen LogP contribution < -0.4 is 9.46 Å². The van der Waals surface area contributed by atoms with Crippen LogP contribution in [0.15, 0.2) is 71.6 Å². The van der Waals surface area contributed by atoms with E-state index in [1.807, 2.05) is 54.6 Å². The van der Waals surface area contributed by atoms with Crippen LogP contribution in [-0.2, 0) is 22.9 Å². The first kappa shape index (κ1) is 21.4. The van der Waals surface area contributed by atoms with Crippen molar-refractivity contribution < 1.29 is 13.2 Å². The number of nitrogens with zero attached hydrogens (tertiary/aromatic N) is 1. The largest absolute Gasteiger partial charge is 0.496 e. The maximum absolute atomic E-state index is 13.5. The van der Waals surface area contributed by atoms with Crippen molar-refractivity contribution in [3.8, 4) is 16.9 Å². The van der Waals surface area contributed by atoms with E-state index >= 15 is 0 Å². The van der Waals surface area contributed by atoms with Crippen LogP contribution in [-0.4, -0.2) is 40.6 Å². The summed E-state index contributed by atoms with van der Waals surface area (Å²) in [4.78, 5) is 2.49. The fourth-order valence-electron chi connectivity index (χ4n) is 4.31. The minimum atomic E-state index is -3.78. The number of ether oxygens (including phenoxy) is 1. The summed E-state index contributed by atoms with van der Waals surface area (Å²) >= 11 is 0. The number of hydrogen-bond donors (Lipinski definition) is 1. The standard InChI is InChI=1S/C25H28N2O3S/c1-27(2)19-13-14-21-22(17-19)24(30-3)16-15-23(21)26-31(28,29)25-12-8-7-11-20(25)18-9-5-4-6-10-18/h4-12,15-16,19,26H,13-14,17H2,1-3H3/t19-/m0/s1. The molecule has 0 unspecified atom stereocenters. The van der Waals surface area contributed by atoms with Gasteiger partial charge in [-0.2, -0.15) is 0 Å². The molecule has 0 spiro atoms. The van der Waals surface area contributed by atoms with Crippen molar-refractivity contribution in [2.45, 2.75) is 30.2 Å². The summed E-state index contributed by atoms with van der Waals surface area (Å²) in [6, 6.07) is 20.8. The Morgan fingerprint density at radius 3 is 2.35 bits per heavy atom. The zero-order valence-corrected chi connectivity index (χ0v) is 18.9. The Hall–Kier alpha value is -2.83. The molecular weight excluding hydrogens is 408 g/mol. The maximum Gasteiger partial charge on any atom is 0.262 e. The molecular formula is C25H28N2O3S. The van der Waals surface area contributed by atoms with Crippen molar-refractivity contribution >= 4 is 15.7 Å². The van der Waals surface area contributed by atoms with E-state index in [4.69, 9.17) is 4.74 Å². The molecule has 3 aromatic rings. The van der Waals surface area contributed by atoms with Gasteiger partial charge in [-0.3, -0.25) is 4.72 Å². The molecule has 31 heavy (non-hydrogen) atoms. The van der Waals surface area contributed by atoms with Crippen molar-refractivity contribution in [2.24, 2.45) is 0 Å². The van der Waals surface area contributed by atoms with Crippen molar-refractivity contribution in [3.05, 3.63) is 77.9 Å². The summed E-state index contributed by atoms with van der Waals surface area (Å²) in [6.45, 7) is 0. The molecule has 0 saturated heterocycles. The van der Waals surface area contributed by atoms with E-state index in [9.17, 15) is 8.42 Å². The third-order valence-corrected chi connectivity index (χ3v) is 7.44. The van der Waals surface area contributed by atoms with Gasteiger partial charge in [-0.05, 0) is 62.7 Å². The average Bonchev–Trinajstić information content (AvgIpc) is 2.79. The second-order valence-corrected chi connectivity index (χ2v) is 9.75. The third kappa shape index (κ3) is 4.31. The molecule has 5 nitrogen and oxygen atoms in total. The van der Waals surface area contributed by atoms with Gasteiger partial charge in [0, 0.05) is 17.2 Å². The van der Waals surface area contributed by atoms with E-state index in [0.717, 1.165) is 41.7 Å². The summed E-state index contributed by atoms with van der Waals surface area (Å²) in [5, 5.41) is 0. The van der Waals surface area contributed by atoms with Gasteiger partial charge >= 0.3 is 0 Å². The Morgan fingerprint density at radius 1 is 0.935 bits per heavy atom. The highest BCUT2D eigenvalue weighted by Crippen LogP contribution is 2.37. The average molecular weight is 437 g/mol. The van der Waals surface area contributed by atoms with E-state index in [1.165, 1.54) is 0 Å². The predicted octanol–water partition coefficient (Wildman–Crippen LogP) is 4.58. The minimum Gasteiger partial charge on any atom is -0.496 e. The Bertz CT molecular complexity index is 1170. The lowest BCUT2D eigenvalue weighted by atomic mass is 9.86. The smallest absolute Gasteiger partial charge is 0.262 e. The summed E-state index contributed by atoms with van der Waals surface area (Å²) in [5.41, 5.74) is 4.30. The van der Waals surface area contributed by atoms with Crippen LogP contribution in [0.4, 0.5) is 5.69 Å². The second kappa shape index (κ2) is 8.73. The molecule has 0 bridgehead atoms. The molecule has 0 aromatic heterocycles. The third-order valence-electron chi connectivity index (χ3n) is 6.01. The van der Waals surface area contributed by atoms with Crippen molar-refractivity contribution in [1.82, 2.24) is 4.90 Å². The highest BCUT2D eigenvalue weighted by Gasteiger charge is 2.27. The number of hydrogen-bond acceptors (Lipinski definition) is 4. The summed E-state index contributed by atoms with van der Waals surface area (Å²) in [7, 11) is 2.04. The fraction of sp³-hybridized carbons (Fsp3) is 0.280. The number of nitrogens with one attached hydrogen (secondary N) is 1. The topological polar surface area (TPSA) is 58.6 Å². The molecule has 3 aromatic carbocycles. The zero-order valence-electron chi connectivity index (χ0n) is 18.1. The van der Waals surface area contributed by atoms with Crippen LogP contribution >= 0.6 is 0 Å². The maximum atomic E-state index is 13.5. The van der Waals surface area contributed by atoms with E-state index in [0.29, 0.717) is 17.3 Å². The van der Waals surface area contributed by atoms with Crippen molar-refractivity contribution in [2.75, 3.05) is 25.9 Å². The van der Waals surface area contributed by atoms with Crippen LogP contribution in [0.3, 0.4) is 0 Å². The van der Waals surface area contributed by atoms with Gasteiger partial charge in [-0.25, -0.2) is 8.42 Å². The Kier molecular flexibility index (Phi) is 6.03. The molecule has 1 N–H and O–H groups in total. The molecule has 0 fully saturated rings. The number of likely N-dealkylation sites (N-methyl/N-ethyl adjacent to an activating group) is 1. The predicted molar refractivity (Wildman–Crippen MR) is 125 cm³/mol. The Balaban J connectivity index is 1.74. The lowest BCUT2D eigenvalue weighted by Gasteiger charge is -2.32. The molecule has 0 aliphatic heterocycles. The lowest BCUT2D eigenvalue weighted by molar-refractivity contribution is 0.265. The molecule has 0 saturated carbocycles. The summed E-state index contributed by atoms with van der Waals surface area (Å²) < 4.78 is 35.4. The van der Waals surface area contributed by atoms with Crippen LogP contribution in [0, 0.1) is 0 Å². The summed E-state index contributed by atoms with van der Waals surface area (Å²) in [6.07, 6.45) is 2.61. The van der Waals surface area contributed by atoms with E-state index in [1.54, 1.807) is 19.2 Å². The van der Waals surface area contributed by atoms with Gasteiger partial charge in [0.05, 0.1) is 17.7 Å². The number of benzene rings is 3. The molecule has 1 atom stereocenters. The first-order valence-electron chi connectivity index (χ1n) is 10.4. The number of fused-ring (bicyclic) bond motifs is 1. The molecule has 162 valence electrons. The van der Waals surface area contributed by atoms with Gasteiger partial charge in [0.15, 0.2) is 0 Å². The van der Waals surface area contributed by atoms with Crippen LogP contribution in [0.1, 0.15) is 17.5 Å². The number of anilines is 1. The monoisotopic (exact) mass is 436 g/mol. The second-order valence-electron chi connectivity index (χ2n) is 8.10. The normalized spacial score (nSPS) is 16.1. The first-order valence-corrected chi connectivity index (χ1v) is 11.9. The van der Waals surface area contributed by atoms with E-state index in [-0.39, 0.29) is 4.90 Å². The molecule has 0 heterocycles. The molecule has 0 radical (unpaired) electrons. The summed E-state index contributed by atoms with van der Waals surface area (Å²) in [5.74, 6) is 0.814. The SMILES string of the molecule is COc1ccc(NS(=O)(=O)c2ccccc2-c2ccccc2)c2c1C[C@@H](N(C)C)CC2. The van der Waals surface area contributed by atoms with Crippen molar-refractivity contribution in [3.63, 3.8) is 0 Å². The van der Waals surface area contributed by atoms with Crippen molar-refractivity contribution in [1.29, 1.82) is 0 Å². The molecule has 1 aliphatic carbocycles. The van der Waals surface area contributed by atoms with Gasteiger partial charge in [0.25, 0.3) is 10.0 Å².